The van der Waals surface area contributed by atoms with E-state index in [1.807, 2.05) is 11.9 Å². The zero-order valence-corrected chi connectivity index (χ0v) is 16.0. The lowest BCUT2D eigenvalue weighted by Gasteiger charge is -2.49. The fourth-order valence-electron chi connectivity index (χ4n) is 4.54. The van der Waals surface area contributed by atoms with Gasteiger partial charge in [-0.25, -0.2) is 4.79 Å². The SMILES string of the molecule is CN1CC2(CC3CCC(C2)N3C(=O)Nc2ccc(Cl)c(Cl)c2)OCC1=O. The zero-order valence-electron chi connectivity index (χ0n) is 14.5. The van der Waals surface area contributed by atoms with Crippen molar-refractivity contribution in [1.82, 2.24) is 9.80 Å². The van der Waals surface area contributed by atoms with Crippen molar-refractivity contribution in [2.45, 2.75) is 43.4 Å². The van der Waals surface area contributed by atoms with Crippen LogP contribution in [0.5, 0.6) is 0 Å². The predicted molar refractivity (Wildman–Crippen MR) is 99.7 cm³/mol. The van der Waals surface area contributed by atoms with Gasteiger partial charge in [0.15, 0.2) is 0 Å². The van der Waals surface area contributed by atoms with Gasteiger partial charge in [-0.05, 0) is 43.9 Å². The Balaban J connectivity index is 1.47. The molecule has 2 unspecified atom stereocenters. The lowest BCUT2D eigenvalue weighted by atomic mass is 9.84. The molecule has 0 saturated carbocycles. The smallest absolute Gasteiger partial charge is 0.322 e. The number of hydrogen-bond donors (Lipinski definition) is 1. The van der Waals surface area contributed by atoms with Crippen molar-refractivity contribution in [1.29, 1.82) is 0 Å². The molecule has 1 spiro atoms. The number of hydrogen-bond acceptors (Lipinski definition) is 3. The fraction of sp³-hybridized carbons (Fsp3) is 0.556. The number of amides is 3. The molecule has 1 aromatic carbocycles. The molecule has 2 atom stereocenters. The highest BCUT2D eigenvalue weighted by molar-refractivity contribution is 6.42. The first-order valence-electron chi connectivity index (χ1n) is 8.79. The Kier molecular flexibility index (Phi) is 4.53. The molecule has 0 aliphatic carbocycles. The second-order valence-corrected chi connectivity index (χ2v) is 8.30. The first-order chi connectivity index (χ1) is 12.4. The van der Waals surface area contributed by atoms with Gasteiger partial charge in [0.05, 0.1) is 15.6 Å². The number of rotatable bonds is 1. The number of halogens is 2. The van der Waals surface area contributed by atoms with Crippen LogP contribution in [0.2, 0.25) is 10.0 Å². The summed E-state index contributed by atoms with van der Waals surface area (Å²) in [5.74, 6) is 0.0164. The van der Waals surface area contributed by atoms with E-state index in [2.05, 4.69) is 5.32 Å². The van der Waals surface area contributed by atoms with Gasteiger partial charge in [-0.2, -0.15) is 0 Å². The normalized spacial score (nSPS) is 30.8. The van der Waals surface area contributed by atoms with Gasteiger partial charge in [-0.1, -0.05) is 23.2 Å². The standard InChI is InChI=1S/C18H21Cl2N3O3/c1-22-10-18(26-9-16(22)24)7-12-3-4-13(8-18)23(12)17(25)21-11-2-5-14(19)15(20)6-11/h2,5-6,12-13H,3-4,7-10H2,1H3,(H,21,25). The van der Waals surface area contributed by atoms with Gasteiger partial charge in [0.25, 0.3) is 0 Å². The van der Waals surface area contributed by atoms with Crippen molar-refractivity contribution in [3.05, 3.63) is 28.2 Å². The van der Waals surface area contributed by atoms with Crippen LogP contribution < -0.4 is 5.32 Å². The number of ether oxygens (including phenoxy) is 1. The van der Waals surface area contributed by atoms with E-state index in [9.17, 15) is 9.59 Å². The van der Waals surface area contributed by atoms with Crippen LogP contribution in [-0.2, 0) is 9.53 Å². The Morgan fingerprint density at radius 2 is 1.92 bits per heavy atom. The van der Waals surface area contributed by atoms with E-state index in [1.165, 1.54) is 0 Å². The van der Waals surface area contributed by atoms with Crippen LogP contribution in [0.1, 0.15) is 25.7 Å². The number of carbonyl (C=O) groups excluding carboxylic acids is 2. The highest BCUT2D eigenvalue weighted by atomic mass is 35.5. The minimum absolute atomic E-state index is 0.0164. The molecule has 3 aliphatic heterocycles. The molecule has 3 aliphatic rings. The number of anilines is 1. The van der Waals surface area contributed by atoms with Crippen molar-refractivity contribution in [2.24, 2.45) is 0 Å². The van der Waals surface area contributed by atoms with E-state index in [-0.39, 0.29) is 36.2 Å². The van der Waals surface area contributed by atoms with E-state index in [0.29, 0.717) is 22.3 Å². The molecule has 0 radical (unpaired) electrons. The van der Waals surface area contributed by atoms with E-state index in [1.54, 1.807) is 23.1 Å². The summed E-state index contributed by atoms with van der Waals surface area (Å²) in [6.07, 6.45) is 3.44. The predicted octanol–water partition coefficient (Wildman–Crippen LogP) is 3.38. The van der Waals surface area contributed by atoms with Crippen molar-refractivity contribution in [3.8, 4) is 0 Å². The van der Waals surface area contributed by atoms with E-state index < -0.39 is 0 Å². The number of urea groups is 1. The molecule has 3 saturated heterocycles. The molecule has 140 valence electrons. The average molecular weight is 398 g/mol. The van der Waals surface area contributed by atoms with Crippen molar-refractivity contribution in [2.75, 3.05) is 25.5 Å². The molecule has 26 heavy (non-hydrogen) atoms. The Bertz CT molecular complexity index is 743. The molecule has 1 N–H and O–H groups in total. The Hall–Kier alpha value is -1.50. The number of morpholine rings is 1. The van der Waals surface area contributed by atoms with Crippen LogP contribution in [0.3, 0.4) is 0 Å². The zero-order chi connectivity index (χ0) is 18.5. The fourth-order valence-corrected chi connectivity index (χ4v) is 4.83. The molecule has 0 aromatic heterocycles. The Labute approximate surface area is 162 Å². The van der Waals surface area contributed by atoms with Gasteiger partial charge in [0.2, 0.25) is 5.91 Å². The molecular formula is C18H21Cl2N3O3. The number of likely N-dealkylation sites (N-methyl/N-ethyl adjacent to an activating group) is 1. The molecular weight excluding hydrogens is 377 g/mol. The molecule has 6 nitrogen and oxygen atoms in total. The Morgan fingerprint density at radius 3 is 2.54 bits per heavy atom. The summed E-state index contributed by atoms with van der Waals surface area (Å²) in [6, 6.07) is 5.19. The van der Waals surface area contributed by atoms with Crippen molar-refractivity contribution in [3.63, 3.8) is 0 Å². The van der Waals surface area contributed by atoms with Gasteiger partial charge < -0.3 is 19.9 Å². The third-order valence-electron chi connectivity index (χ3n) is 5.69. The maximum Gasteiger partial charge on any atom is 0.322 e. The molecule has 3 fully saturated rings. The highest BCUT2D eigenvalue weighted by Gasteiger charge is 2.52. The molecule has 1 aromatic rings. The summed E-state index contributed by atoms with van der Waals surface area (Å²) in [5, 5.41) is 3.79. The molecule has 3 amide bonds. The van der Waals surface area contributed by atoms with Crippen LogP contribution in [0.25, 0.3) is 0 Å². The monoisotopic (exact) mass is 397 g/mol. The summed E-state index contributed by atoms with van der Waals surface area (Å²) in [4.78, 5) is 28.3. The molecule has 2 bridgehead atoms. The van der Waals surface area contributed by atoms with E-state index >= 15 is 0 Å². The third kappa shape index (κ3) is 3.15. The number of benzene rings is 1. The highest BCUT2D eigenvalue weighted by Crippen LogP contribution is 2.44. The van der Waals surface area contributed by atoms with Gasteiger partial charge in [0, 0.05) is 31.4 Å². The first kappa shape index (κ1) is 17.9. The van der Waals surface area contributed by atoms with Gasteiger partial charge in [0.1, 0.15) is 6.61 Å². The number of nitrogens with zero attached hydrogens (tertiary/aromatic N) is 2. The first-order valence-corrected chi connectivity index (χ1v) is 9.55. The maximum absolute atomic E-state index is 12.8. The van der Waals surface area contributed by atoms with Crippen LogP contribution >= 0.6 is 23.2 Å². The van der Waals surface area contributed by atoms with E-state index in [0.717, 1.165) is 25.7 Å². The van der Waals surface area contributed by atoms with Crippen LogP contribution in [-0.4, -0.2) is 59.6 Å². The third-order valence-corrected chi connectivity index (χ3v) is 6.43. The molecule has 8 heteroatoms. The summed E-state index contributed by atoms with van der Waals surface area (Å²) in [6.45, 7) is 0.729. The number of carbonyl (C=O) groups is 2. The van der Waals surface area contributed by atoms with Crippen molar-refractivity contribution >= 4 is 40.8 Å². The lowest BCUT2D eigenvalue weighted by molar-refractivity contribution is -0.171. The van der Waals surface area contributed by atoms with Crippen LogP contribution in [0, 0.1) is 0 Å². The van der Waals surface area contributed by atoms with Gasteiger partial charge >= 0.3 is 6.03 Å². The summed E-state index contributed by atoms with van der Waals surface area (Å²) in [5.41, 5.74) is 0.304. The topological polar surface area (TPSA) is 61.9 Å². The molecule has 4 rings (SSSR count). The Morgan fingerprint density at radius 1 is 1.23 bits per heavy atom. The quantitative estimate of drug-likeness (QED) is 0.789. The van der Waals surface area contributed by atoms with Crippen molar-refractivity contribution < 1.29 is 14.3 Å². The molecule has 3 heterocycles. The lowest BCUT2D eigenvalue weighted by Crippen LogP contribution is -2.61. The van der Waals surface area contributed by atoms with Gasteiger partial charge in [-0.3, -0.25) is 4.79 Å². The van der Waals surface area contributed by atoms with E-state index in [4.69, 9.17) is 27.9 Å². The number of piperidine rings is 1. The van der Waals surface area contributed by atoms with Crippen LogP contribution in [0.15, 0.2) is 18.2 Å². The average Bonchev–Trinajstić information content (AvgIpc) is 2.88. The van der Waals surface area contributed by atoms with Crippen LogP contribution in [0.4, 0.5) is 10.5 Å². The minimum atomic E-state index is -0.325. The number of fused-ring (bicyclic) bond motifs is 2. The second-order valence-electron chi connectivity index (χ2n) is 7.48. The second kappa shape index (κ2) is 6.59. The summed E-state index contributed by atoms with van der Waals surface area (Å²) >= 11 is 12.0. The minimum Gasteiger partial charge on any atom is -0.363 e. The van der Waals surface area contributed by atoms with Gasteiger partial charge in [-0.15, -0.1) is 0 Å². The summed E-state index contributed by atoms with van der Waals surface area (Å²) < 4.78 is 5.96. The maximum atomic E-state index is 12.8. The summed E-state index contributed by atoms with van der Waals surface area (Å²) in [7, 11) is 1.82. The number of nitrogens with one attached hydrogen (secondary N) is 1. The largest absolute Gasteiger partial charge is 0.363 e.